The molecule has 0 heterocycles. The number of hydrogen-bond acceptors (Lipinski definition) is 3. The molecule has 0 aliphatic heterocycles. The SMILES string of the molecule is COCc1ccc(C(=O)NC(CCO)C(C)C)cc1. The van der Waals surface area contributed by atoms with Gasteiger partial charge in [-0.1, -0.05) is 26.0 Å². The molecule has 4 nitrogen and oxygen atoms in total. The minimum Gasteiger partial charge on any atom is -0.396 e. The maximum atomic E-state index is 12.1. The summed E-state index contributed by atoms with van der Waals surface area (Å²) in [5, 5.41) is 12.0. The lowest BCUT2D eigenvalue weighted by atomic mass is 10.0. The van der Waals surface area contributed by atoms with Crippen LogP contribution in [-0.2, 0) is 11.3 Å². The van der Waals surface area contributed by atoms with Crippen LogP contribution >= 0.6 is 0 Å². The van der Waals surface area contributed by atoms with Crippen LogP contribution < -0.4 is 5.32 Å². The monoisotopic (exact) mass is 265 g/mol. The lowest BCUT2D eigenvalue weighted by molar-refractivity contribution is 0.0916. The van der Waals surface area contributed by atoms with Crippen LogP contribution in [0.1, 0.15) is 36.2 Å². The topological polar surface area (TPSA) is 58.6 Å². The number of aliphatic hydroxyl groups excluding tert-OH is 1. The summed E-state index contributed by atoms with van der Waals surface area (Å²) < 4.78 is 5.03. The van der Waals surface area contributed by atoms with Gasteiger partial charge in [0, 0.05) is 25.3 Å². The van der Waals surface area contributed by atoms with Crippen molar-refractivity contribution in [3.05, 3.63) is 35.4 Å². The largest absolute Gasteiger partial charge is 0.396 e. The zero-order valence-corrected chi connectivity index (χ0v) is 11.8. The van der Waals surface area contributed by atoms with Crippen LogP contribution in [0.25, 0.3) is 0 Å². The van der Waals surface area contributed by atoms with Crippen LogP contribution in [0.15, 0.2) is 24.3 Å². The van der Waals surface area contributed by atoms with Gasteiger partial charge in [-0.15, -0.1) is 0 Å². The number of amides is 1. The van der Waals surface area contributed by atoms with E-state index >= 15 is 0 Å². The molecule has 0 aliphatic rings. The first-order valence-electron chi connectivity index (χ1n) is 6.58. The van der Waals surface area contributed by atoms with Gasteiger partial charge in [0.25, 0.3) is 5.91 Å². The Kier molecular flexibility index (Phi) is 6.53. The predicted molar refractivity (Wildman–Crippen MR) is 75.0 cm³/mol. The van der Waals surface area contributed by atoms with Crippen LogP contribution in [0.3, 0.4) is 0 Å². The zero-order chi connectivity index (χ0) is 14.3. The average Bonchev–Trinajstić information content (AvgIpc) is 2.39. The number of aliphatic hydroxyl groups is 1. The van der Waals surface area contributed by atoms with Gasteiger partial charge >= 0.3 is 0 Å². The molecule has 0 aliphatic carbocycles. The minimum atomic E-state index is -0.101. The fourth-order valence-corrected chi connectivity index (χ4v) is 1.88. The molecule has 1 atom stereocenters. The third-order valence-corrected chi connectivity index (χ3v) is 3.09. The van der Waals surface area contributed by atoms with Crippen molar-refractivity contribution in [1.82, 2.24) is 5.32 Å². The van der Waals surface area contributed by atoms with Gasteiger partial charge in [0.1, 0.15) is 0 Å². The highest BCUT2D eigenvalue weighted by Crippen LogP contribution is 2.09. The van der Waals surface area contributed by atoms with Gasteiger partial charge in [-0.25, -0.2) is 0 Å². The number of rotatable bonds is 7. The molecule has 19 heavy (non-hydrogen) atoms. The van der Waals surface area contributed by atoms with Gasteiger partial charge in [0.05, 0.1) is 6.61 Å². The molecule has 106 valence electrons. The predicted octanol–water partition coefficient (Wildman–Crippen LogP) is 1.97. The zero-order valence-electron chi connectivity index (χ0n) is 11.8. The molecule has 1 aromatic rings. The van der Waals surface area contributed by atoms with Gasteiger partial charge in [-0.2, -0.15) is 0 Å². The molecule has 0 saturated carbocycles. The minimum absolute atomic E-state index is 0.00356. The summed E-state index contributed by atoms with van der Waals surface area (Å²) in [5.74, 6) is 0.194. The van der Waals surface area contributed by atoms with Crippen LogP contribution in [0.4, 0.5) is 0 Å². The molecule has 1 aromatic carbocycles. The fraction of sp³-hybridized carbons (Fsp3) is 0.533. The Morgan fingerprint density at radius 2 is 1.95 bits per heavy atom. The number of methoxy groups -OCH3 is 1. The number of hydrogen-bond donors (Lipinski definition) is 2. The molecule has 1 unspecified atom stereocenters. The van der Waals surface area contributed by atoms with Crippen molar-refractivity contribution in [2.45, 2.75) is 32.9 Å². The van der Waals surface area contributed by atoms with Gasteiger partial charge in [-0.05, 0) is 30.0 Å². The molecule has 4 heteroatoms. The van der Waals surface area contributed by atoms with E-state index in [9.17, 15) is 4.79 Å². The molecular weight excluding hydrogens is 242 g/mol. The van der Waals surface area contributed by atoms with Crippen molar-refractivity contribution in [1.29, 1.82) is 0 Å². The smallest absolute Gasteiger partial charge is 0.251 e. The summed E-state index contributed by atoms with van der Waals surface area (Å²) in [6.45, 7) is 4.68. The Bertz CT molecular complexity index is 387. The highest BCUT2D eigenvalue weighted by Gasteiger charge is 2.16. The first kappa shape index (κ1) is 15.7. The Labute approximate surface area is 114 Å². The van der Waals surface area contributed by atoms with E-state index in [1.807, 2.05) is 26.0 Å². The molecular formula is C15H23NO3. The molecule has 0 aromatic heterocycles. The van der Waals surface area contributed by atoms with Crippen molar-refractivity contribution in [3.63, 3.8) is 0 Å². The Balaban J connectivity index is 2.66. The summed E-state index contributed by atoms with van der Waals surface area (Å²) in [7, 11) is 1.64. The second-order valence-corrected chi connectivity index (χ2v) is 4.97. The molecule has 0 bridgehead atoms. The molecule has 1 rings (SSSR count). The first-order valence-corrected chi connectivity index (χ1v) is 6.58. The summed E-state index contributed by atoms with van der Waals surface area (Å²) in [6.07, 6.45) is 0.575. The fourth-order valence-electron chi connectivity index (χ4n) is 1.88. The van der Waals surface area contributed by atoms with Crippen LogP contribution in [-0.4, -0.2) is 30.8 Å². The number of nitrogens with one attached hydrogen (secondary N) is 1. The lowest BCUT2D eigenvalue weighted by Gasteiger charge is -2.21. The van der Waals surface area contributed by atoms with Crippen LogP contribution in [0.5, 0.6) is 0 Å². The Hall–Kier alpha value is -1.39. The second-order valence-electron chi connectivity index (χ2n) is 4.97. The van der Waals surface area contributed by atoms with E-state index in [2.05, 4.69) is 5.32 Å². The average molecular weight is 265 g/mol. The van der Waals surface area contributed by atoms with E-state index in [1.54, 1.807) is 19.2 Å². The van der Waals surface area contributed by atoms with Crippen LogP contribution in [0, 0.1) is 5.92 Å². The second kappa shape index (κ2) is 7.92. The normalized spacial score (nSPS) is 12.5. The first-order chi connectivity index (χ1) is 9.08. The van der Waals surface area contributed by atoms with E-state index in [0.29, 0.717) is 24.5 Å². The summed E-state index contributed by atoms with van der Waals surface area (Å²) in [4.78, 5) is 12.1. The molecule has 1 amide bonds. The number of ether oxygens (including phenoxy) is 1. The number of carbonyl (C=O) groups excluding carboxylic acids is 1. The molecule has 0 fully saturated rings. The van der Waals surface area contributed by atoms with E-state index in [4.69, 9.17) is 9.84 Å². The number of carbonyl (C=O) groups is 1. The van der Waals surface area contributed by atoms with Gasteiger partial charge in [-0.3, -0.25) is 4.79 Å². The maximum Gasteiger partial charge on any atom is 0.251 e. The summed E-state index contributed by atoms with van der Waals surface area (Å²) >= 11 is 0. The third-order valence-electron chi connectivity index (χ3n) is 3.09. The summed E-state index contributed by atoms with van der Waals surface area (Å²) in [5.41, 5.74) is 1.67. The molecule has 0 radical (unpaired) electrons. The maximum absolute atomic E-state index is 12.1. The Morgan fingerprint density at radius 1 is 1.32 bits per heavy atom. The van der Waals surface area contributed by atoms with Gasteiger partial charge in [0.15, 0.2) is 0 Å². The van der Waals surface area contributed by atoms with E-state index in [0.717, 1.165) is 5.56 Å². The molecule has 0 spiro atoms. The van der Waals surface area contributed by atoms with E-state index in [1.165, 1.54) is 0 Å². The van der Waals surface area contributed by atoms with Crippen molar-refractivity contribution in [3.8, 4) is 0 Å². The third kappa shape index (κ3) is 5.01. The van der Waals surface area contributed by atoms with Crippen LogP contribution in [0.2, 0.25) is 0 Å². The van der Waals surface area contributed by atoms with E-state index in [-0.39, 0.29) is 18.6 Å². The van der Waals surface area contributed by atoms with Crippen molar-refractivity contribution in [2.75, 3.05) is 13.7 Å². The standard InChI is InChI=1S/C15H23NO3/c1-11(2)14(8-9-17)16-15(18)13-6-4-12(5-7-13)10-19-3/h4-7,11,14,17H,8-10H2,1-3H3,(H,16,18). The molecule has 0 saturated heterocycles. The highest BCUT2D eigenvalue weighted by molar-refractivity contribution is 5.94. The van der Waals surface area contributed by atoms with Gasteiger partial charge in [0.2, 0.25) is 0 Å². The Morgan fingerprint density at radius 3 is 2.42 bits per heavy atom. The lowest BCUT2D eigenvalue weighted by Crippen LogP contribution is -2.39. The molecule has 2 N–H and O–H groups in total. The highest BCUT2D eigenvalue weighted by atomic mass is 16.5. The number of benzene rings is 1. The van der Waals surface area contributed by atoms with Crippen molar-refractivity contribution in [2.24, 2.45) is 5.92 Å². The van der Waals surface area contributed by atoms with Crippen molar-refractivity contribution >= 4 is 5.91 Å². The summed E-state index contributed by atoms with van der Waals surface area (Å²) in [6, 6.07) is 7.35. The quantitative estimate of drug-likeness (QED) is 0.792. The van der Waals surface area contributed by atoms with E-state index < -0.39 is 0 Å². The van der Waals surface area contributed by atoms with Crippen molar-refractivity contribution < 1.29 is 14.6 Å². The van der Waals surface area contributed by atoms with Gasteiger partial charge < -0.3 is 15.2 Å².